The van der Waals surface area contributed by atoms with E-state index >= 15 is 8.78 Å². The molecule has 1 saturated carbocycles. The minimum Gasteiger partial charge on any atom is -0.457 e. The summed E-state index contributed by atoms with van der Waals surface area (Å²) in [6, 6.07) is 15.1. The van der Waals surface area contributed by atoms with Crippen molar-refractivity contribution in [3.8, 4) is 22.8 Å². The van der Waals surface area contributed by atoms with Crippen LogP contribution in [0.25, 0.3) is 22.3 Å². The van der Waals surface area contributed by atoms with E-state index in [2.05, 4.69) is 9.97 Å². The van der Waals surface area contributed by atoms with Gasteiger partial charge in [-0.1, -0.05) is 18.2 Å². The van der Waals surface area contributed by atoms with Crippen molar-refractivity contribution in [2.45, 2.75) is 50.6 Å². The number of nitrogens with one attached hydrogen (secondary N) is 1. The van der Waals surface area contributed by atoms with Crippen LogP contribution >= 0.6 is 0 Å². The molecule has 0 spiro atoms. The van der Waals surface area contributed by atoms with Crippen molar-refractivity contribution >= 4 is 46.2 Å². The molecule has 57 heavy (non-hydrogen) atoms. The first-order valence-electron chi connectivity index (χ1n) is 22.3. The molecule has 3 fully saturated rings. The number of para-hydroxylation sites is 1. The van der Waals surface area contributed by atoms with Crippen LogP contribution in [0.3, 0.4) is 0 Å². The number of nitrogens with zero attached hydrogens (tertiary/aromatic N) is 7. The van der Waals surface area contributed by atoms with E-state index in [-0.39, 0.29) is 29.6 Å². The van der Waals surface area contributed by atoms with Gasteiger partial charge >= 0.3 is 0 Å². The Hall–Kier alpha value is -6.29. The van der Waals surface area contributed by atoms with Gasteiger partial charge in [0.25, 0.3) is 11.8 Å². The summed E-state index contributed by atoms with van der Waals surface area (Å²) >= 11 is 0. The third-order valence-electron chi connectivity index (χ3n) is 10.7. The first-order valence-corrected chi connectivity index (χ1v) is 18.3. The number of benzene rings is 3. The summed E-state index contributed by atoms with van der Waals surface area (Å²) in [7, 11) is 0. The predicted molar refractivity (Wildman–Crippen MR) is 204 cm³/mol. The number of imide groups is 2. The van der Waals surface area contributed by atoms with E-state index in [1.54, 1.807) is 16.8 Å². The van der Waals surface area contributed by atoms with Crippen molar-refractivity contribution in [2.75, 3.05) is 43.2 Å². The maximum absolute atomic E-state index is 16.1. The Morgan fingerprint density at radius 3 is 2.30 bits per heavy atom. The quantitative estimate of drug-likeness (QED) is 0.201. The number of carbonyl (C=O) groups excluding carboxylic acids is 4. The maximum Gasteiger partial charge on any atom is 0.265 e. The van der Waals surface area contributed by atoms with Crippen LogP contribution in [0, 0.1) is 17.6 Å². The van der Waals surface area contributed by atoms with E-state index in [1.807, 2.05) is 47.8 Å². The van der Waals surface area contributed by atoms with Crippen molar-refractivity contribution in [1.82, 2.24) is 34.9 Å². The standard InChI is InChI=1S/C41H39F2N9O5/c42-34-30(20-28-32(35(34)43)41(56)51(40(28)55)29-14-15-31(53)47-39(29)54)50-18-16-49(17-19-50)21-23-6-10-25(11-7-23)52-38-33(37(44)45-22-46-38)36(48-52)24-8-12-27(13-9-24)57-26-4-2-1-3-5-26/h1-5,8-9,12-13,20,22-23,25,29H,6-7,10-11,14-19,21H2,(H2,44,45,46)(H,47,53,54)/i16D2,17D2,18D2,19D2. The molecule has 2 saturated heterocycles. The van der Waals surface area contributed by atoms with Gasteiger partial charge in [0.15, 0.2) is 17.3 Å². The van der Waals surface area contributed by atoms with Gasteiger partial charge in [-0.05, 0) is 80.5 Å². The SMILES string of the molecule is [2H]C1([2H])N(CC2CCC(n3nc(-c4ccc(Oc5ccccc5)cc4)c4c(N)ncnc43)CC2)C([2H])([2H])C([2H])([2H])N(c2cc3c(c(F)c2F)C(=O)N(C2CCC(=O)NC2=O)C3=O)C1([2H])[2H]. The van der Waals surface area contributed by atoms with Gasteiger partial charge in [-0.25, -0.2) is 23.4 Å². The van der Waals surface area contributed by atoms with Gasteiger partial charge in [-0.15, -0.1) is 0 Å². The molecule has 3 N–H and O–H groups in total. The summed E-state index contributed by atoms with van der Waals surface area (Å²) in [5, 5.41) is 7.42. The van der Waals surface area contributed by atoms with Crippen molar-refractivity contribution in [1.29, 1.82) is 0 Å². The Bertz CT molecular complexity index is 2770. The van der Waals surface area contributed by atoms with E-state index < -0.39 is 96.6 Å². The van der Waals surface area contributed by atoms with Gasteiger partial charge in [0.05, 0.1) is 33.7 Å². The molecule has 4 aliphatic rings. The molecule has 16 heteroatoms. The lowest BCUT2D eigenvalue weighted by Crippen LogP contribution is -2.54. The zero-order valence-electron chi connectivity index (χ0n) is 38.0. The summed E-state index contributed by atoms with van der Waals surface area (Å²) in [4.78, 5) is 60.4. The molecule has 292 valence electrons. The molecular formula is C41H39F2N9O5. The summed E-state index contributed by atoms with van der Waals surface area (Å²) in [6.07, 6.45) is 2.22. The highest BCUT2D eigenvalue weighted by molar-refractivity contribution is 6.24. The molecule has 5 aromatic rings. The monoisotopic (exact) mass is 783 g/mol. The highest BCUT2D eigenvalue weighted by Gasteiger charge is 2.47. The Morgan fingerprint density at radius 2 is 1.58 bits per heavy atom. The molecular weight excluding hydrogens is 737 g/mol. The third kappa shape index (κ3) is 6.62. The van der Waals surface area contributed by atoms with Crippen LogP contribution in [0.15, 0.2) is 67.0 Å². The van der Waals surface area contributed by atoms with Crippen LogP contribution in [0.4, 0.5) is 20.3 Å². The fraction of sp³-hybridized carbons (Fsp3) is 0.341. The average molecular weight is 784 g/mol. The first kappa shape index (κ1) is 28.2. The molecule has 14 nitrogen and oxygen atoms in total. The Morgan fingerprint density at radius 1 is 0.860 bits per heavy atom. The molecule has 2 aromatic heterocycles. The number of carbonyl (C=O) groups is 4. The van der Waals surface area contributed by atoms with Crippen LogP contribution in [0.1, 0.15) is 76.2 Å². The number of hydrogen-bond acceptors (Lipinski definition) is 11. The fourth-order valence-electron chi connectivity index (χ4n) is 7.78. The predicted octanol–water partition coefficient (Wildman–Crippen LogP) is 5.10. The van der Waals surface area contributed by atoms with Gasteiger partial charge < -0.3 is 15.4 Å². The van der Waals surface area contributed by atoms with E-state index in [0.29, 0.717) is 75.3 Å². The molecule has 3 aromatic carbocycles. The number of aromatic nitrogens is 4. The van der Waals surface area contributed by atoms with Gasteiger partial charge in [-0.2, -0.15) is 5.10 Å². The molecule has 5 heterocycles. The minimum atomic E-state index is -3.66. The molecule has 1 atom stereocenters. The number of piperazine rings is 1. The normalized spacial score (nSPS) is 27.2. The summed E-state index contributed by atoms with van der Waals surface area (Å²) in [5.41, 5.74) is 4.68. The van der Waals surface area contributed by atoms with Crippen LogP contribution in [-0.2, 0) is 9.59 Å². The van der Waals surface area contributed by atoms with Crippen molar-refractivity contribution in [3.63, 3.8) is 0 Å². The number of ether oxygens (including phenoxy) is 1. The lowest BCUT2D eigenvalue weighted by Gasteiger charge is -2.39. The zero-order chi connectivity index (χ0) is 46.5. The molecule has 1 aliphatic carbocycles. The molecule has 0 radical (unpaired) electrons. The van der Waals surface area contributed by atoms with Crippen molar-refractivity contribution < 1.29 is 43.7 Å². The first-order chi connectivity index (χ1) is 30.7. The number of nitrogen functional groups attached to an aromatic ring is 1. The van der Waals surface area contributed by atoms with Gasteiger partial charge in [0.1, 0.15) is 35.4 Å². The maximum atomic E-state index is 16.1. The van der Waals surface area contributed by atoms with Gasteiger partial charge in [-0.3, -0.25) is 34.3 Å². The highest BCUT2D eigenvalue weighted by atomic mass is 19.2. The molecule has 3 aliphatic heterocycles. The smallest absolute Gasteiger partial charge is 0.265 e. The molecule has 9 rings (SSSR count). The van der Waals surface area contributed by atoms with E-state index in [9.17, 15) is 19.2 Å². The van der Waals surface area contributed by atoms with E-state index in [1.165, 1.54) is 6.33 Å². The Balaban J connectivity index is 0.958. The number of amides is 4. The van der Waals surface area contributed by atoms with Crippen LogP contribution in [0.5, 0.6) is 11.5 Å². The highest BCUT2D eigenvalue weighted by Crippen LogP contribution is 2.39. The molecule has 0 bridgehead atoms. The second-order valence-corrected chi connectivity index (χ2v) is 14.2. The number of halogens is 2. The Kier molecular flexibility index (Phi) is 7.24. The van der Waals surface area contributed by atoms with Crippen molar-refractivity contribution in [2.24, 2.45) is 5.92 Å². The number of rotatable bonds is 8. The summed E-state index contributed by atoms with van der Waals surface area (Å²) < 4.78 is 112. The molecule has 4 amide bonds. The fourth-order valence-corrected chi connectivity index (χ4v) is 7.78. The van der Waals surface area contributed by atoms with Crippen molar-refractivity contribution in [3.05, 3.63) is 89.8 Å². The third-order valence-corrected chi connectivity index (χ3v) is 10.7. The van der Waals surface area contributed by atoms with Crippen LogP contribution in [-0.4, -0.2) is 91.8 Å². The van der Waals surface area contributed by atoms with E-state index in [0.717, 1.165) is 0 Å². The lowest BCUT2D eigenvalue weighted by molar-refractivity contribution is -0.136. The van der Waals surface area contributed by atoms with E-state index in [4.69, 9.17) is 26.5 Å². The summed E-state index contributed by atoms with van der Waals surface area (Å²) in [5.74, 6) is -7.62. The number of piperidine rings is 1. The average Bonchev–Trinajstić information content (AvgIpc) is 3.77. The number of nitrogens with two attached hydrogens (primary N) is 1. The van der Waals surface area contributed by atoms with Crippen LogP contribution in [0.2, 0.25) is 0 Å². The summed E-state index contributed by atoms with van der Waals surface area (Å²) in [6.45, 7) is -14.7. The minimum absolute atomic E-state index is 0.207. The number of anilines is 2. The van der Waals surface area contributed by atoms with Crippen LogP contribution < -0.4 is 20.7 Å². The second kappa shape index (κ2) is 14.7. The zero-order valence-corrected chi connectivity index (χ0v) is 30.0. The lowest BCUT2D eigenvalue weighted by atomic mass is 9.85. The topological polar surface area (TPSA) is 169 Å². The number of fused-ring (bicyclic) bond motifs is 2. The molecule has 1 unspecified atom stereocenters. The van der Waals surface area contributed by atoms with Gasteiger partial charge in [0, 0.05) is 50.0 Å². The number of hydrogen-bond donors (Lipinski definition) is 2. The van der Waals surface area contributed by atoms with Gasteiger partial charge in [0.2, 0.25) is 11.8 Å². The largest absolute Gasteiger partial charge is 0.457 e. The second-order valence-electron chi connectivity index (χ2n) is 14.2. The Labute approximate surface area is 336 Å².